The number of nitrogens with one attached hydrogen (secondary N) is 1. The first-order valence-electron chi connectivity index (χ1n) is 7.82. The molecule has 1 fully saturated rings. The largest absolute Gasteiger partial charge is 0.383 e. The van der Waals surface area contributed by atoms with Crippen molar-refractivity contribution in [1.82, 2.24) is 10.2 Å². The lowest BCUT2D eigenvalue weighted by Gasteiger charge is -2.30. The molecular formula is C17H27FN2O. The maximum absolute atomic E-state index is 14.0. The van der Waals surface area contributed by atoms with E-state index >= 15 is 0 Å². The fourth-order valence-corrected chi connectivity index (χ4v) is 3.02. The van der Waals surface area contributed by atoms with Gasteiger partial charge in [0, 0.05) is 37.8 Å². The quantitative estimate of drug-likeness (QED) is 0.758. The number of nitrogens with zero attached hydrogens (tertiary/aromatic N) is 1. The molecule has 1 saturated carbocycles. The first kappa shape index (κ1) is 16.4. The minimum absolute atomic E-state index is 0.0370. The number of hydrogen-bond acceptors (Lipinski definition) is 3. The van der Waals surface area contributed by atoms with Crippen LogP contribution in [0, 0.1) is 11.7 Å². The van der Waals surface area contributed by atoms with Crippen LogP contribution in [0.2, 0.25) is 0 Å². The summed E-state index contributed by atoms with van der Waals surface area (Å²) in [6.45, 7) is 4.87. The zero-order chi connectivity index (χ0) is 15.2. The van der Waals surface area contributed by atoms with Crippen molar-refractivity contribution < 1.29 is 9.13 Å². The molecule has 0 heterocycles. The highest BCUT2D eigenvalue weighted by Gasteiger charge is 2.31. The summed E-state index contributed by atoms with van der Waals surface area (Å²) >= 11 is 0. The van der Waals surface area contributed by atoms with E-state index in [9.17, 15) is 4.39 Å². The van der Waals surface area contributed by atoms with Crippen LogP contribution in [0.3, 0.4) is 0 Å². The summed E-state index contributed by atoms with van der Waals surface area (Å²) in [5, 5.41) is 3.28. The molecule has 0 spiro atoms. The van der Waals surface area contributed by atoms with Crippen molar-refractivity contribution in [2.75, 3.05) is 33.9 Å². The predicted molar refractivity (Wildman–Crippen MR) is 83.8 cm³/mol. The number of benzene rings is 1. The van der Waals surface area contributed by atoms with Crippen LogP contribution in [0.4, 0.5) is 4.39 Å². The molecule has 1 N–H and O–H groups in total. The Labute approximate surface area is 127 Å². The fraction of sp³-hybridized carbons (Fsp3) is 0.647. The lowest BCUT2D eigenvalue weighted by atomic mass is 9.93. The summed E-state index contributed by atoms with van der Waals surface area (Å²) in [6, 6.07) is 7.79. The van der Waals surface area contributed by atoms with Gasteiger partial charge < -0.3 is 10.1 Å². The average molecular weight is 294 g/mol. The molecule has 0 radical (unpaired) electrons. The molecule has 1 aromatic carbocycles. The highest BCUT2D eigenvalue weighted by Crippen LogP contribution is 2.30. The lowest BCUT2D eigenvalue weighted by Crippen LogP contribution is -2.38. The number of rotatable bonds is 9. The second-order valence-corrected chi connectivity index (χ2v) is 5.98. The Morgan fingerprint density at radius 1 is 1.38 bits per heavy atom. The molecule has 0 amide bonds. The van der Waals surface area contributed by atoms with E-state index in [4.69, 9.17) is 4.74 Å². The van der Waals surface area contributed by atoms with Gasteiger partial charge in [0.25, 0.3) is 0 Å². The molecular weight excluding hydrogens is 267 g/mol. The summed E-state index contributed by atoms with van der Waals surface area (Å²) in [5.74, 6) is 0.211. The van der Waals surface area contributed by atoms with Gasteiger partial charge in [0.1, 0.15) is 5.82 Å². The highest BCUT2D eigenvalue weighted by atomic mass is 19.1. The van der Waals surface area contributed by atoms with Gasteiger partial charge in [-0.25, -0.2) is 4.39 Å². The van der Waals surface area contributed by atoms with Gasteiger partial charge in [0.05, 0.1) is 6.61 Å². The molecule has 118 valence electrons. The first-order valence-corrected chi connectivity index (χ1v) is 7.82. The molecule has 1 aromatic rings. The van der Waals surface area contributed by atoms with Gasteiger partial charge in [-0.2, -0.15) is 0 Å². The Kier molecular flexibility index (Phi) is 6.15. The van der Waals surface area contributed by atoms with E-state index in [0.717, 1.165) is 25.3 Å². The van der Waals surface area contributed by atoms with Crippen molar-refractivity contribution in [1.29, 1.82) is 0 Å². The van der Waals surface area contributed by atoms with Crippen molar-refractivity contribution in [3.05, 3.63) is 35.6 Å². The third-order valence-electron chi connectivity index (χ3n) is 4.29. The Hall–Kier alpha value is -0.970. The normalized spacial score (nSPS) is 18.0. The average Bonchev–Trinajstić information content (AvgIpc) is 3.31. The van der Waals surface area contributed by atoms with Crippen LogP contribution in [0.15, 0.2) is 24.3 Å². The highest BCUT2D eigenvalue weighted by molar-refractivity contribution is 5.21. The minimum atomic E-state index is -0.126. The Morgan fingerprint density at radius 3 is 2.67 bits per heavy atom. The summed E-state index contributed by atoms with van der Waals surface area (Å²) in [4.78, 5) is 2.49. The number of halogens is 1. The number of methoxy groups -OCH3 is 1. The maximum atomic E-state index is 14.0. The van der Waals surface area contributed by atoms with E-state index in [1.807, 2.05) is 19.2 Å². The molecule has 0 saturated heterocycles. The fourth-order valence-electron chi connectivity index (χ4n) is 3.02. The topological polar surface area (TPSA) is 24.5 Å². The second-order valence-electron chi connectivity index (χ2n) is 5.98. The van der Waals surface area contributed by atoms with E-state index in [1.165, 1.54) is 18.9 Å². The zero-order valence-corrected chi connectivity index (χ0v) is 13.3. The van der Waals surface area contributed by atoms with Crippen molar-refractivity contribution in [2.24, 2.45) is 5.92 Å². The van der Waals surface area contributed by atoms with Crippen LogP contribution in [0.5, 0.6) is 0 Å². The molecule has 2 unspecified atom stereocenters. The molecule has 0 bridgehead atoms. The standard InChI is InChI=1S/C17H27FN2O/c1-13(12-20(10-11-21-3)14-8-9-14)17(19-2)15-6-4-5-7-16(15)18/h4-7,13-14,17,19H,8-12H2,1-3H3. The van der Waals surface area contributed by atoms with Crippen LogP contribution in [0.1, 0.15) is 31.4 Å². The van der Waals surface area contributed by atoms with Crippen LogP contribution in [0.25, 0.3) is 0 Å². The lowest BCUT2D eigenvalue weighted by molar-refractivity contribution is 0.127. The van der Waals surface area contributed by atoms with Gasteiger partial charge in [-0.15, -0.1) is 0 Å². The van der Waals surface area contributed by atoms with E-state index in [1.54, 1.807) is 13.2 Å². The molecule has 2 rings (SSSR count). The smallest absolute Gasteiger partial charge is 0.127 e. The third kappa shape index (κ3) is 4.50. The Bertz CT molecular complexity index is 437. The van der Waals surface area contributed by atoms with Gasteiger partial charge in [-0.1, -0.05) is 25.1 Å². The van der Waals surface area contributed by atoms with E-state index < -0.39 is 0 Å². The van der Waals surface area contributed by atoms with Crippen molar-refractivity contribution in [3.8, 4) is 0 Å². The van der Waals surface area contributed by atoms with Gasteiger partial charge in [-0.05, 0) is 31.9 Å². The molecule has 2 atom stereocenters. The van der Waals surface area contributed by atoms with Crippen LogP contribution < -0.4 is 5.32 Å². The van der Waals surface area contributed by atoms with Crippen LogP contribution >= 0.6 is 0 Å². The summed E-state index contributed by atoms with van der Waals surface area (Å²) in [7, 11) is 3.65. The SMILES string of the molecule is CNC(c1ccccc1F)C(C)CN(CCOC)C1CC1. The number of ether oxygens (including phenoxy) is 1. The maximum Gasteiger partial charge on any atom is 0.127 e. The second kappa shape index (κ2) is 7.87. The van der Waals surface area contributed by atoms with E-state index in [2.05, 4.69) is 17.1 Å². The zero-order valence-electron chi connectivity index (χ0n) is 13.3. The molecule has 0 aromatic heterocycles. The molecule has 21 heavy (non-hydrogen) atoms. The summed E-state index contributed by atoms with van der Waals surface area (Å²) in [6.07, 6.45) is 2.56. The molecule has 0 aliphatic heterocycles. The Morgan fingerprint density at radius 2 is 2.10 bits per heavy atom. The van der Waals surface area contributed by atoms with Gasteiger partial charge >= 0.3 is 0 Å². The van der Waals surface area contributed by atoms with Gasteiger partial charge in [0.2, 0.25) is 0 Å². The molecule has 4 heteroatoms. The van der Waals surface area contributed by atoms with Crippen molar-refractivity contribution in [2.45, 2.75) is 31.8 Å². The van der Waals surface area contributed by atoms with Gasteiger partial charge in [-0.3, -0.25) is 4.90 Å². The van der Waals surface area contributed by atoms with Crippen LogP contribution in [-0.4, -0.2) is 44.8 Å². The molecule has 1 aliphatic carbocycles. The van der Waals surface area contributed by atoms with Crippen molar-refractivity contribution in [3.63, 3.8) is 0 Å². The van der Waals surface area contributed by atoms with Crippen LogP contribution in [-0.2, 0) is 4.74 Å². The predicted octanol–water partition coefficient (Wildman–Crippen LogP) is 2.83. The monoisotopic (exact) mass is 294 g/mol. The molecule has 3 nitrogen and oxygen atoms in total. The van der Waals surface area contributed by atoms with Crippen molar-refractivity contribution >= 4 is 0 Å². The summed E-state index contributed by atoms with van der Waals surface area (Å²) in [5.41, 5.74) is 0.759. The molecule has 1 aliphatic rings. The Balaban J connectivity index is 2.01. The third-order valence-corrected chi connectivity index (χ3v) is 4.29. The van der Waals surface area contributed by atoms with Gasteiger partial charge in [0.15, 0.2) is 0 Å². The van der Waals surface area contributed by atoms with E-state index in [-0.39, 0.29) is 11.9 Å². The summed E-state index contributed by atoms with van der Waals surface area (Å²) < 4.78 is 19.2. The van der Waals surface area contributed by atoms with E-state index in [0.29, 0.717) is 12.0 Å². The number of hydrogen-bond donors (Lipinski definition) is 1. The minimum Gasteiger partial charge on any atom is -0.383 e. The first-order chi connectivity index (χ1) is 10.2.